The highest BCUT2D eigenvalue weighted by Gasteiger charge is 2.21. The summed E-state index contributed by atoms with van der Waals surface area (Å²) in [6.07, 6.45) is 1.75. The summed E-state index contributed by atoms with van der Waals surface area (Å²) in [4.78, 5) is 21.0. The Hall–Kier alpha value is -3.32. The number of benzene rings is 2. The maximum Gasteiger partial charge on any atom is 0.282 e. The molecule has 0 atom stereocenters. The molecule has 0 amide bonds. The van der Waals surface area contributed by atoms with Gasteiger partial charge in [-0.05, 0) is 49.5 Å². The van der Waals surface area contributed by atoms with Crippen molar-refractivity contribution in [2.24, 2.45) is 0 Å². The highest BCUT2D eigenvalue weighted by molar-refractivity contribution is 5.95. The van der Waals surface area contributed by atoms with Gasteiger partial charge >= 0.3 is 0 Å². The molecule has 1 saturated heterocycles. The summed E-state index contributed by atoms with van der Waals surface area (Å²) in [5.41, 5.74) is 4.02. The predicted molar refractivity (Wildman–Crippen MR) is 115 cm³/mol. The number of likely N-dealkylation sites (N-methyl/N-ethyl adjacent to an activating group) is 1. The molecule has 1 fully saturated rings. The second-order valence-corrected chi connectivity index (χ2v) is 7.49. The average molecular weight is 389 g/mol. The lowest BCUT2D eigenvalue weighted by molar-refractivity contribution is 0.313. The molecule has 0 spiro atoms. The molecule has 2 aromatic carbocycles. The van der Waals surface area contributed by atoms with E-state index in [0.29, 0.717) is 5.56 Å². The summed E-state index contributed by atoms with van der Waals surface area (Å²) in [7, 11) is 3.77. The molecule has 0 radical (unpaired) electrons. The molecular weight excluding hydrogens is 366 g/mol. The van der Waals surface area contributed by atoms with Crippen LogP contribution in [-0.4, -0.2) is 60.0 Å². The SMILES string of the molecule is COc1ccc(-n2nc3c4cc(N5CCN(C)CC5)ccc4[nH]cc-3c2=O)cc1. The van der Waals surface area contributed by atoms with Crippen LogP contribution in [0.5, 0.6) is 5.75 Å². The van der Waals surface area contributed by atoms with Crippen LogP contribution < -0.4 is 15.2 Å². The van der Waals surface area contributed by atoms with E-state index in [1.807, 2.05) is 24.3 Å². The molecule has 0 saturated carbocycles. The number of nitrogens with one attached hydrogen (secondary N) is 1. The minimum Gasteiger partial charge on any atom is -0.497 e. The lowest BCUT2D eigenvalue weighted by atomic mass is 10.1. The maximum atomic E-state index is 13.0. The van der Waals surface area contributed by atoms with Gasteiger partial charge in [0.2, 0.25) is 0 Å². The third kappa shape index (κ3) is 3.03. The number of H-pyrrole nitrogens is 1. The molecular formula is C22H23N5O2. The number of pyridine rings is 1. The van der Waals surface area contributed by atoms with E-state index in [4.69, 9.17) is 4.74 Å². The first-order valence-corrected chi connectivity index (χ1v) is 9.76. The molecule has 29 heavy (non-hydrogen) atoms. The molecule has 0 unspecified atom stereocenters. The fraction of sp³-hybridized carbons (Fsp3) is 0.273. The molecule has 148 valence electrons. The van der Waals surface area contributed by atoms with Crippen LogP contribution in [0.25, 0.3) is 27.8 Å². The summed E-state index contributed by atoms with van der Waals surface area (Å²) in [5, 5.41) is 5.64. The minimum atomic E-state index is -0.131. The van der Waals surface area contributed by atoms with Crippen molar-refractivity contribution in [1.29, 1.82) is 0 Å². The van der Waals surface area contributed by atoms with Crippen molar-refractivity contribution in [3.05, 3.63) is 59.0 Å². The first-order chi connectivity index (χ1) is 14.1. The highest BCUT2D eigenvalue weighted by atomic mass is 16.5. The number of anilines is 1. The standard InChI is InChI=1S/C22H23N5O2/c1-25-9-11-26(12-10-25)16-5-8-20-18(13-16)21-19(14-23-20)22(28)27(24-21)15-3-6-17(29-2)7-4-15/h3-8,13-14,23H,9-12H2,1-2H3. The summed E-state index contributed by atoms with van der Waals surface area (Å²) in [6.45, 7) is 4.08. The number of ether oxygens (including phenoxy) is 1. The Morgan fingerprint density at radius 1 is 1.00 bits per heavy atom. The molecule has 5 rings (SSSR count). The summed E-state index contributed by atoms with van der Waals surface area (Å²) in [5.74, 6) is 0.744. The molecule has 2 aromatic rings. The van der Waals surface area contributed by atoms with E-state index in [0.717, 1.165) is 59.9 Å². The van der Waals surface area contributed by atoms with Crippen molar-refractivity contribution >= 4 is 16.6 Å². The van der Waals surface area contributed by atoms with E-state index in [1.165, 1.54) is 4.68 Å². The molecule has 3 aliphatic heterocycles. The second-order valence-electron chi connectivity index (χ2n) is 7.49. The van der Waals surface area contributed by atoms with E-state index < -0.39 is 0 Å². The molecule has 7 heteroatoms. The first kappa shape index (κ1) is 17.8. The fourth-order valence-corrected chi connectivity index (χ4v) is 3.91. The van der Waals surface area contributed by atoms with E-state index >= 15 is 0 Å². The molecule has 0 aliphatic carbocycles. The number of aromatic amines is 1. The van der Waals surface area contributed by atoms with Gasteiger partial charge in [-0.25, -0.2) is 0 Å². The van der Waals surface area contributed by atoms with Crippen molar-refractivity contribution in [1.82, 2.24) is 19.7 Å². The minimum absolute atomic E-state index is 0.131. The van der Waals surface area contributed by atoms with Gasteiger partial charge in [-0.15, -0.1) is 0 Å². The monoisotopic (exact) mass is 389 g/mol. The van der Waals surface area contributed by atoms with Crippen LogP contribution in [0.3, 0.4) is 0 Å². The van der Waals surface area contributed by atoms with E-state index in [2.05, 4.69) is 45.1 Å². The molecule has 3 heterocycles. The molecule has 3 aliphatic rings. The Labute approximate surface area is 168 Å². The Balaban J connectivity index is 1.61. The number of fused-ring (bicyclic) bond motifs is 3. The zero-order valence-electron chi connectivity index (χ0n) is 16.6. The van der Waals surface area contributed by atoms with Gasteiger partial charge in [-0.2, -0.15) is 9.78 Å². The van der Waals surface area contributed by atoms with E-state index in [1.54, 1.807) is 13.3 Å². The molecule has 0 bridgehead atoms. The Morgan fingerprint density at radius 3 is 2.45 bits per heavy atom. The van der Waals surface area contributed by atoms with Crippen molar-refractivity contribution in [2.45, 2.75) is 0 Å². The molecule has 0 aromatic heterocycles. The average Bonchev–Trinajstić information content (AvgIpc) is 3.11. The predicted octanol–water partition coefficient (Wildman–Crippen LogP) is 2.58. The Bertz CT molecular complexity index is 1190. The van der Waals surface area contributed by atoms with Crippen LogP contribution in [0.2, 0.25) is 0 Å². The van der Waals surface area contributed by atoms with Crippen molar-refractivity contribution in [3.8, 4) is 22.7 Å². The number of rotatable bonds is 3. The lowest BCUT2D eigenvalue weighted by Crippen LogP contribution is -2.44. The number of methoxy groups -OCH3 is 1. The van der Waals surface area contributed by atoms with Crippen LogP contribution in [-0.2, 0) is 0 Å². The Kier molecular flexibility index (Phi) is 4.24. The zero-order chi connectivity index (χ0) is 20.0. The zero-order valence-corrected chi connectivity index (χ0v) is 16.6. The van der Waals surface area contributed by atoms with E-state index in [9.17, 15) is 4.79 Å². The second kappa shape index (κ2) is 6.93. The van der Waals surface area contributed by atoms with Gasteiger partial charge in [-0.3, -0.25) is 4.79 Å². The van der Waals surface area contributed by atoms with Crippen LogP contribution in [0.15, 0.2) is 53.5 Å². The number of aromatic nitrogens is 3. The number of piperazine rings is 1. The third-order valence-electron chi connectivity index (χ3n) is 5.69. The van der Waals surface area contributed by atoms with Gasteiger partial charge in [0.15, 0.2) is 0 Å². The third-order valence-corrected chi connectivity index (χ3v) is 5.69. The maximum absolute atomic E-state index is 13.0. The summed E-state index contributed by atoms with van der Waals surface area (Å²) in [6, 6.07) is 13.7. The van der Waals surface area contributed by atoms with Crippen LogP contribution >= 0.6 is 0 Å². The van der Waals surface area contributed by atoms with Crippen molar-refractivity contribution < 1.29 is 4.74 Å². The van der Waals surface area contributed by atoms with Crippen LogP contribution in [0.4, 0.5) is 5.69 Å². The summed E-state index contributed by atoms with van der Waals surface area (Å²) < 4.78 is 6.67. The number of hydrogen-bond acceptors (Lipinski definition) is 5. The van der Waals surface area contributed by atoms with Crippen LogP contribution in [0, 0.1) is 0 Å². The van der Waals surface area contributed by atoms with Crippen LogP contribution in [0.1, 0.15) is 0 Å². The van der Waals surface area contributed by atoms with Crippen molar-refractivity contribution in [3.63, 3.8) is 0 Å². The normalized spacial score (nSPS) is 15.3. The van der Waals surface area contributed by atoms with Crippen molar-refractivity contribution in [2.75, 3.05) is 45.2 Å². The fourth-order valence-electron chi connectivity index (χ4n) is 3.91. The largest absolute Gasteiger partial charge is 0.497 e. The van der Waals surface area contributed by atoms with Gasteiger partial charge in [-0.1, -0.05) is 0 Å². The first-order valence-electron chi connectivity index (χ1n) is 9.76. The van der Waals surface area contributed by atoms with E-state index in [-0.39, 0.29) is 5.56 Å². The quantitative estimate of drug-likeness (QED) is 0.583. The summed E-state index contributed by atoms with van der Waals surface area (Å²) >= 11 is 0. The van der Waals surface area contributed by atoms with Gasteiger partial charge in [0.25, 0.3) is 5.56 Å². The molecule has 1 N–H and O–H groups in total. The van der Waals surface area contributed by atoms with Gasteiger partial charge in [0, 0.05) is 49.0 Å². The molecule has 7 nitrogen and oxygen atoms in total. The van der Waals surface area contributed by atoms with Gasteiger partial charge < -0.3 is 19.5 Å². The smallest absolute Gasteiger partial charge is 0.282 e. The topological polar surface area (TPSA) is 66.4 Å². The van der Waals surface area contributed by atoms with Gasteiger partial charge in [0.1, 0.15) is 11.4 Å². The number of nitrogens with zero attached hydrogens (tertiary/aromatic N) is 4. The van der Waals surface area contributed by atoms with Gasteiger partial charge in [0.05, 0.1) is 18.4 Å². The number of hydrogen-bond donors (Lipinski definition) is 1. The lowest BCUT2D eigenvalue weighted by Gasteiger charge is -2.34. The Morgan fingerprint density at radius 2 is 1.72 bits per heavy atom. The highest BCUT2D eigenvalue weighted by Crippen LogP contribution is 2.30.